The number of benzene rings is 1. The number of unbranched alkanes of at least 4 members (excludes halogenated alkanes) is 1. The molecule has 0 spiro atoms. The zero-order valence-corrected chi connectivity index (χ0v) is 23.3. The van der Waals surface area contributed by atoms with E-state index in [0.717, 1.165) is 31.2 Å². The molecule has 1 atom stereocenters. The first-order chi connectivity index (χ1) is 17.8. The van der Waals surface area contributed by atoms with Gasteiger partial charge in [0, 0.05) is 30.3 Å². The van der Waals surface area contributed by atoms with Gasteiger partial charge in [-0.05, 0) is 49.5 Å². The van der Waals surface area contributed by atoms with E-state index >= 15 is 0 Å². The number of nitrogens with one attached hydrogen (secondary N) is 1. The summed E-state index contributed by atoms with van der Waals surface area (Å²) in [6.45, 7) is 5.72. The summed E-state index contributed by atoms with van der Waals surface area (Å²) < 4.78 is 7.79. The van der Waals surface area contributed by atoms with Crippen molar-refractivity contribution in [1.29, 1.82) is 5.26 Å². The fourth-order valence-corrected chi connectivity index (χ4v) is 5.94. The average molecular weight is 557 g/mol. The topological polar surface area (TPSA) is 87.4 Å². The van der Waals surface area contributed by atoms with Crippen LogP contribution in [0, 0.1) is 18.3 Å². The van der Waals surface area contributed by atoms with Crippen LogP contribution in [-0.2, 0) is 22.6 Å². The van der Waals surface area contributed by atoms with E-state index < -0.39 is 0 Å². The second kappa shape index (κ2) is 12.3. The smallest absolute Gasteiger partial charge is 0.270 e. The van der Waals surface area contributed by atoms with Gasteiger partial charge in [-0.25, -0.2) is 0 Å². The van der Waals surface area contributed by atoms with Crippen LogP contribution in [0.25, 0.3) is 6.08 Å². The van der Waals surface area contributed by atoms with E-state index in [9.17, 15) is 14.9 Å². The lowest BCUT2D eigenvalue weighted by Gasteiger charge is -2.21. The maximum Gasteiger partial charge on any atom is 0.270 e. The Morgan fingerprint density at radius 2 is 2.14 bits per heavy atom. The number of nitrogens with zero attached hydrogens (tertiary/aromatic N) is 3. The summed E-state index contributed by atoms with van der Waals surface area (Å²) in [4.78, 5) is 28.7. The summed E-state index contributed by atoms with van der Waals surface area (Å²) >= 11 is 13.1. The fraction of sp³-hybridized carbons (Fsp3) is 0.407. The number of carbonyl (C=O) groups excluding carboxylic acids is 1. The Bertz CT molecular complexity index is 1340. The Hall–Kier alpha value is -2.64. The highest BCUT2D eigenvalue weighted by Crippen LogP contribution is 2.36. The van der Waals surface area contributed by atoms with Crippen LogP contribution in [0.4, 0.5) is 5.82 Å². The van der Waals surface area contributed by atoms with Gasteiger partial charge in [0.05, 0.1) is 17.6 Å². The number of anilines is 1. The van der Waals surface area contributed by atoms with Gasteiger partial charge in [-0.3, -0.25) is 19.1 Å². The third-order valence-corrected chi connectivity index (χ3v) is 8.32. The highest BCUT2D eigenvalue weighted by molar-refractivity contribution is 8.26. The highest BCUT2D eigenvalue weighted by Gasteiger charge is 2.35. The van der Waals surface area contributed by atoms with Crippen LogP contribution < -0.4 is 10.9 Å². The van der Waals surface area contributed by atoms with Crippen LogP contribution >= 0.6 is 35.6 Å². The minimum atomic E-state index is -0.349. The molecule has 3 heterocycles. The molecule has 1 aromatic carbocycles. The van der Waals surface area contributed by atoms with Gasteiger partial charge in [-0.15, -0.1) is 0 Å². The van der Waals surface area contributed by atoms with E-state index in [4.69, 9.17) is 28.6 Å². The lowest BCUT2D eigenvalue weighted by atomic mass is 10.0. The molecule has 0 bridgehead atoms. The van der Waals surface area contributed by atoms with Crippen molar-refractivity contribution in [3.8, 4) is 6.07 Å². The van der Waals surface area contributed by atoms with E-state index in [0.29, 0.717) is 57.4 Å². The van der Waals surface area contributed by atoms with Gasteiger partial charge in [0.2, 0.25) is 0 Å². The largest absolute Gasteiger partial charge is 0.376 e. The van der Waals surface area contributed by atoms with E-state index in [-0.39, 0.29) is 23.1 Å². The number of hydrogen-bond donors (Lipinski definition) is 1. The van der Waals surface area contributed by atoms with Crippen LogP contribution in [0.3, 0.4) is 0 Å². The molecule has 1 aromatic heterocycles. The number of nitriles is 1. The molecule has 194 valence electrons. The average Bonchev–Trinajstić information content (AvgIpc) is 3.49. The lowest BCUT2D eigenvalue weighted by Crippen LogP contribution is -2.35. The fourth-order valence-electron chi connectivity index (χ4n) is 4.48. The standard InChI is InChI=1S/C27H29ClN4O3S2/c1-3-4-11-31-24(30-15-18-8-5-6-10-22(18)28)20(17(2)21(14-29)25(31)33)13-23-26(34)32(27(36)37-23)16-19-9-7-12-35-19/h5-6,8,10,13,19,30H,3-4,7,9,11-12,15-16H2,1-2H3/b23-13+. The Morgan fingerprint density at radius 3 is 2.81 bits per heavy atom. The summed E-state index contributed by atoms with van der Waals surface area (Å²) in [6, 6.07) is 9.56. The molecule has 2 aliphatic rings. The molecule has 2 aromatic rings. The number of thiocarbonyl (C=S) groups is 1. The summed E-state index contributed by atoms with van der Waals surface area (Å²) in [7, 11) is 0. The number of pyridine rings is 1. The van der Waals surface area contributed by atoms with Crippen molar-refractivity contribution < 1.29 is 9.53 Å². The maximum absolute atomic E-state index is 13.4. The molecule has 0 radical (unpaired) electrons. The van der Waals surface area contributed by atoms with E-state index in [1.807, 2.05) is 31.2 Å². The first-order valence-corrected chi connectivity index (χ1v) is 14.0. The zero-order valence-electron chi connectivity index (χ0n) is 20.9. The van der Waals surface area contributed by atoms with Gasteiger partial charge in [0.15, 0.2) is 0 Å². The van der Waals surface area contributed by atoms with Gasteiger partial charge in [-0.2, -0.15) is 5.26 Å². The summed E-state index contributed by atoms with van der Waals surface area (Å²) in [5.74, 6) is 0.367. The van der Waals surface area contributed by atoms with Crippen molar-refractivity contribution in [3.63, 3.8) is 0 Å². The first-order valence-electron chi connectivity index (χ1n) is 12.4. The third-order valence-electron chi connectivity index (χ3n) is 6.57. The van der Waals surface area contributed by atoms with Crippen molar-refractivity contribution in [2.45, 2.75) is 58.7 Å². The number of halogens is 1. The van der Waals surface area contributed by atoms with E-state index in [1.54, 1.807) is 22.5 Å². The lowest BCUT2D eigenvalue weighted by molar-refractivity contribution is -0.123. The predicted octanol–water partition coefficient (Wildman–Crippen LogP) is 5.47. The Labute approximate surface area is 231 Å². The van der Waals surface area contributed by atoms with Crippen LogP contribution in [-0.4, -0.2) is 39.0 Å². The van der Waals surface area contributed by atoms with Crippen LogP contribution in [0.1, 0.15) is 54.9 Å². The minimum Gasteiger partial charge on any atom is -0.376 e. The number of hydrogen-bond acceptors (Lipinski definition) is 7. The second-order valence-electron chi connectivity index (χ2n) is 9.06. The second-order valence-corrected chi connectivity index (χ2v) is 11.1. The summed E-state index contributed by atoms with van der Waals surface area (Å²) in [6.07, 6.45) is 5.25. The Kier molecular flexibility index (Phi) is 9.08. The Balaban J connectivity index is 1.78. The SMILES string of the molecule is CCCCn1c(NCc2ccccc2Cl)c(/C=C2/SC(=S)N(CC3CCCO3)C2=O)c(C)c(C#N)c1=O. The molecule has 10 heteroatoms. The number of rotatable bonds is 9. The van der Waals surface area contributed by atoms with E-state index in [1.165, 1.54) is 11.8 Å². The molecule has 1 N–H and O–H groups in total. The normalized spacial score (nSPS) is 18.6. The molecule has 2 aliphatic heterocycles. The highest BCUT2D eigenvalue weighted by atomic mass is 35.5. The van der Waals surface area contributed by atoms with Crippen LogP contribution in [0.2, 0.25) is 5.02 Å². The van der Waals surface area contributed by atoms with Gasteiger partial charge in [-0.1, -0.05) is 67.1 Å². The van der Waals surface area contributed by atoms with Crippen molar-refractivity contribution in [2.24, 2.45) is 0 Å². The van der Waals surface area contributed by atoms with Gasteiger partial charge in [0.25, 0.3) is 11.5 Å². The van der Waals surface area contributed by atoms with Gasteiger partial charge in [0.1, 0.15) is 21.8 Å². The quantitative estimate of drug-likeness (QED) is 0.323. The van der Waals surface area contributed by atoms with Crippen molar-refractivity contribution in [2.75, 3.05) is 18.5 Å². The molecule has 7 nitrogen and oxygen atoms in total. The predicted molar refractivity (Wildman–Crippen MR) is 153 cm³/mol. The summed E-state index contributed by atoms with van der Waals surface area (Å²) in [5, 5.41) is 13.8. The molecule has 37 heavy (non-hydrogen) atoms. The molecule has 0 aliphatic carbocycles. The van der Waals surface area contributed by atoms with E-state index in [2.05, 4.69) is 11.4 Å². The molecule has 2 saturated heterocycles. The number of thioether (sulfide) groups is 1. The number of aromatic nitrogens is 1. The molecule has 2 fully saturated rings. The number of amides is 1. The van der Waals surface area contributed by atoms with Gasteiger partial charge >= 0.3 is 0 Å². The molecule has 0 saturated carbocycles. The molecule has 1 amide bonds. The first kappa shape index (κ1) is 27.4. The molecule has 4 rings (SSSR count). The maximum atomic E-state index is 13.4. The molecular formula is C27H29ClN4O3S2. The van der Waals surface area contributed by atoms with Gasteiger partial charge < -0.3 is 10.1 Å². The van der Waals surface area contributed by atoms with Crippen molar-refractivity contribution in [3.05, 3.63) is 66.8 Å². The number of carbonyl (C=O) groups is 1. The third kappa shape index (κ3) is 5.93. The zero-order chi connectivity index (χ0) is 26.5. The van der Waals surface area contributed by atoms with Crippen molar-refractivity contribution >= 4 is 57.7 Å². The Morgan fingerprint density at radius 1 is 1.35 bits per heavy atom. The molecular weight excluding hydrogens is 528 g/mol. The summed E-state index contributed by atoms with van der Waals surface area (Å²) in [5.41, 5.74) is 1.73. The van der Waals surface area contributed by atoms with Crippen molar-refractivity contribution in [1.82, 2.24) is 9.47 Å². The minimum absolute atomic E-state index is 0.0161. The number of ether oxygens (including phenoxy) is 1. The van der Waals surface area contributed by atoms with Crippen LogP contribution in [0.15, 0.2) is 34.0 Å². The van der Waals surface area contributed by atoms with Crippen LogP contribution in [0.5, 0.6) is 0 Å². The monoisotopic (exact) mass is 556 g/mol. The molecule has 1 unspecified atom stereocenters.